The molecule has 3 nitrogen and oxygen atoms in total. The molecule has 1 aliphatic heterocycles. The maximum Gasteiger partial charge on any atom is 0.254 e. The molecule has 0 saturated carbocycles. The highest BCUT2D eigenvalue weighted by atomic mass is 35.5. The average Bonchev–Trinajstić information content (AvgIpc) is 2.45. The monoisotopic (exact) mass is 196 g/mol. The van der Waals surface area contributed by atoms with Gasteiger partial charge in [-0.1, -0.05) is 11.6 Å². The van der Waals surface area contributed by atoms with E-state index >= 15 is 0 Å². The van der Waals surface area contributed by atoms with E-state index in [0.717, 1.165) is 5.56 Å². The fourth-order valence-corrected chi connectivity index (χ4v) is 1.72. The maximum absolute atomic E-state index is 11.6. The highest BCUT2D eigenvalue weighted by Gasteiger charge is 2.27. The second kappa shape index (κ2) is 3.00. The minimum atomic E-state index is 0.0572. The van der Waals surface area contributed by atoms with Crippen LogP contribution in [0, 0.1) is 0 Å². The van der Waals surface area contributed by atoms with Crippen molar-refractivity contribution in [3.8, 4) is 0 Å². The number of fused-ring (bicyclic) bond motifs is 1. The number of hydrogen-bond acceptors (Lipinski definition) is 2. The van der Waals surface area contributed by atoms with Gasteiger partial charge in [0.25, 0.3) is 5.91 Å². The first-order valence-corrected chi connectivity index (χ1v) is 4.54. The zero-order valence-corrected chi connectivity index (χ0v) is 8.01. The molecule has 1 aromatic heterocycles. The highest BCUT2D eigenvalue weighted by Crippen LogP contribution is 2.26. The molecule has 4 heteroatoms. The van der Waals surface area contributed by atoms with E-state index in [1.54, 1.807) is 17.2 Å². The summed E-state index contributed by atoms with van der Waals surface area (Å²) in [5.74, 6) is 0.0572. The molecule has 0 fully saturated rings. The number of carbonyl (C=O) groups excluding carboxylic acids is 1. The molecule has 2 heterocycles. The molecule has 1 aliphatic rings. The van der Waals surface area contributed by atoms with Crippen molar-refractivity contribution in [1.82, 2.24) is 9.88 Å². The summed E-state index contributed by atoms with van der Waals surface area (Å²) >= 11 is 5.87. The summed E-state index contributed by atoms with van der Waals surface area (Å²) in [7, 11) is 0. The molecular weight excluding hydrogens is 188 g/mol. The molecule has 0 unspecified atom stereocenters. The lowest BCUT2D eigenvalue weighted by Gasteiger charge is -2.10. The van der Waals surface area contributed by atoms with Gasteiger partial charge in [-0.15, -0.1) is 0 Å². The lowest BCUT2D eigenvalue weighted by molar-refractivity contribution is 0.0787. The lowest BCUT2D eigenvalue weighted by Crippen LogP contribution is -2.22. The summed E-state index contributed by atoms with van der Waals surface area (Å²) in [6.07, 6.45) is 1.57. The predicted octanol–water partition coefficient (Wildman–Crippen LogP) is 1.71. The van der Waals surface area contributed by atoms with E-state index in [-0.39, 0.29) is 5.91 Å². The molecule has 0 atom stereocenters. The Kier molecular flexibility index (Phi) is 1.96. The fraction of sp³-hybridized carbons (Fsp3) is 0.333. The first-order chi connectivity index (χ1) is 6.24. The molecule has 0 aliphatic carbocycles. The van der Waals surface area contributed by atoms with Crippen LogP contribution in [0.3, 0.4) is 0 Å². The van der Waals surface area contributed by atoms with Gasteiger partial charge in [0.05, 0.1) is 0 Å². The van der Waals surface area contributed by atoms with Crippen LogP contribution in [-0.2, 0) is 6.54 Å². The number of pyridine rings is 1. The van der Waals surface area contributed by atoms with E-state index in [4.69, 9.17) is 11.6 Å². The van der Waals surface area contributed by atoms with Gasteiger partial charge in [-0.2, -0.15) is 0 Å². The Labute approximate surface area is 81.3 Å². The Morgan fingerprint density at radius 3 is 3.08 bits per heavy atom. The minimum absolute atomic E-state index is 0.0572. The summed E-state index contributed by atoms with van der Waals surface area (Å²) < 4.78 is 0. The number of amides is 1. The molecule has 0 saturated heterocycles. The normalized spacial score (nSPS) is 14.9. The quantitative estimate of drug-likeness (QED) is 0.641. The van der Waals surface area contributed by atoms with Crippen LogP contribution in [-0.4, -0.2) is 22.3 Å². The summed E-state index contributed by atoms with van der Waals surface area (Å²) in [4.78, 5) is 17.3. The first-order valence-electron chi connectivity index (χ1n) is 4.16. The van der Waals surface area contributed by atoms with Gasteiger partial charge < -0.3 is 4.90 Å². The molecule has 0 radical (unpaired) electrons. The Morgan fingerprint density at radius 1 is 1.69 bits per heavy atom. The SMILES string of the molecule is CCN1Cc2c(ccnc2Cl)C1=O. The highest BCUT2D eigenvalue weighted by molar-refractivity contribution is 6.30. The van der Waals surface area contributed by atoms with Gasteiger partial charge in [0.15, 0.2) is 0 Å². The van der Waals surface area contributed by atoms with Crippen molar-refractivity contribution in [2.24, 2.45) is 0 Å². The molecule has 0 bridgehead atoms. The smallest absolute Gasteiger partial charge is 0.254 e. The third-order valence-corrected chi connectivity index (χ3v) is 2.58. The summed E-state index contributed by atoms with van der Waals surface area (Å²) in [5.41, 5.74) is 1.55. The van der Waals surface area contributed by atoms with E-state index in [9.17, 15) is 4.79 Å². The molecule has 0 aromatic carbocycles. The van der Waals surface area contributed by atoms with Crippen LogP contribution in [0.4, 0.5) is 0 Å². The number of rotatable bonds is 1. The topological polar surface area (TPSA) is 33.2 Å². The second-order valence-electron chi connectivity index (χ2n) is 2.95. The van der Waals surface area contributed by atoms with E-state index in [0.29, 0.717) is 23.8 Å². The Balaban J connectivity index is 2.49. The average molecular weight is 197 g/mol. The minimum Gasteiger partial charge on any atom is -0.334 e. The zero-order chi connectivity index (χ0) is 9.42. The number of nitrogens with zero attached hydrogens (tertiary/aromatic N) is 2. The second-order valence-corrected chi connectivity index (χ2v) is 3.31. The summed E-state index contributed by atoms with van der Waals surface area (Å²) in [6, 6.07) is 1.72. The largest absolute Gasteiger partial charge is 0.334 e. The van der Waals surface area contributed by atoms with Crippen LogP contribution in [0.1, 0.15) is 22.8 Å². The van der Waals surface area contributed by atoms with E-state index in [1.807, 2.05) is 6.92 Å². The third-order valence-electron chi connectivity index (χ3n) is 2.25. The number of halogens is 1. The first kappa shape index (κ1) is 8.51. The van der Waals surface area contributed by atoms with Crippen molar-refractivity contribution >= 4 is 17.5 Å². The lowest BCUT2D eigenvalue weighted by atomic mass is 10.2. The van der Waals surface area contributed by atoms with Gasteiger partial charge in [-0.3, -0.25) is 4.79 Å². The summed E-state index contributed by atoms with van der Waals surface area (Å²) in [6.45, 7) is 3.26. The van der Waals surface area contributed by atoms with Crippen molar-refractivity contribution < 1.29 is 4.79 Å². The molecule has 68 valence electrons. The van der Waals surface area contributed by atoms with Gasteiger partial charge in [0.2, 0.25) is 0 Å². The van der Waals surface area contributed by atoms with E-state index in [1.165, 1.54) is 0 Å². The zero-order valence-electron chi connectivity index (χ0n) is 7.25. The summed E-state index contributed by atoms with van der Waals surface area (Å²) in [5, 5.41) is 0.446. The Bertz CT molecular complexity index is 365. The Hall–Kier alpha value is -1.09. The molecule has 2 rings (SSSR count). The van der Waals surface area contributed by atoms with Gasteiger partial charge >= 0.3 is 0 Å². The van der Waals surface area contributed by atoms with Crippen molar-refractivity contribution in [2.45, 2.75) is 13.5 Å². The standard InChI is InChI=1S/C9H9ClN2O/c1-2-12-5-7-6(9(12)13)3-4-11-8(7)10/h3-4H,2,5H2,1H3. The van der Waals surface area contributed by atoms with Crippen molar-refractivity contribution in [1.29, 1.82) is 0 Å². The third kappa shape index (κ3) is 1.20. The number of hydrogen-bond donors (Lipinski definition) is 0. The van der Waals surface area contributed by atoms with Crippen LogP contribution in [0.2, 0.25) is 5.15 Å². The molecule has 1 aromatic rings. The van der Waals surface area contributed by atoms with Crippen LogP contribution in [0.5, 0.6) is 0 Å². The van der Waals surface area contributed by atoms with E-state index < -0.39 is 0 Å². The number of carbonyl (C=O) groups is 1. The van der Waals surface area contributed by atoms with Crippen molar-refractivity contribution in [3.63, 3.8) is 0 Å². The molecule has 13 heavy (non-hydrogen) atoms. The van der Waals surface area contributed by atoms with Crippen LogP contribution >= 0.6 is 11.6 Å². The molecule has 0 spiro atoms. The van der Waals surface area contributed by atoms with E-state index in [2.05, 4.69) is 4.98 Å². The van der Waals surface area contributed by atoms with Crippen LogP contribution in [0.25, 0.3) is 0 Å². The predicted molar refractivity (Wildman–Crippen MR) is 49.7 cm³/mol. The van der Waals surface area contributed by atoms with Gasteiger partial charge in [0, 0.05) is 30.4 Å². The van der Waals surface area contributed by atoms with Gasteiger partial charge in [-0.05, 0) is 13.0 Å². The van der Waals surface area contributed by atoms with Gasteiger partial charge in [-0.25, -0.2) is 4.98 Å². The van der Waals surface area contributed by atoms with Crippen LogP contribution in [0.15, 0.2) is 12.3 Å². The van der Waals surface area contributed by atoms with Crippen molar-refractivity contribution in [3.05, 3.63) is 28.5 Å². The molecule has 1 amide bonds. The number of aromatic nitrogens is 1. The molecular formula is C9H9ClN2O. The fourth-order valence-electron chi connectivity index (χ4n) is 1.51. The molecule has 0 N–H and O–H groups in total. The Morgan fingerprint density at radius 2 is 2.46 bits per heavy atom. The van der Waals surface area contributed by atoms with Gasteiger partial charge in [0.1, 0.15) is 5.15 Å². The maximum atomic E-state index is 11.6. The van der Waals surface area contributed by atoms with Crippen molar-refractivity contribution in [2.75, 3.05) is 6.54 Å². The van der Waals surface area contributed by atoms with Crippen LogP contribution < -0.4 is 0 Å².